The first-order valence-electron chi connectivity index (χ1n) is 8.10. The summed E-state index contributed by atoms with van der Waals surface area (Å²) in [5.74, 6) is 1.16. The lowest BCUT2D eigenvalue weighted by Gasteiger charge is -2.20. The molecule has 1 atom stereocenters. The van der Waals surface area contributed by atoms with Gasteiger partial charge in [-0.15, -0.1) is 0 Å². The Morgan fingerprint density at radius 2 is 2.00 bits per heavy atom. The summed E-state index contributed by atoms with van der Waals surface area (Å²) in [4.78, 5) is 20.3. The van der Waals surface area contributed by atoms with Gasteiger partial charge in [0.05, 0.1) is 6.10 Å². The highest BCUT2D eigenvalue weighted by atomic mass is 16.6. The summed E-state index contributed by atoms with van der Waals surface area (Å²) in [5.41, 5.74) is 0.137. The minimum Gasteiger partial charge on any atom is -0.475 e. The number of hydrogen-bond donors (Lipinski definition) is 1. The molecule has 136 valence electrons. The van der Waals surface area contributed by atoms with Gasteiger partial charge in [0.15, 0.2) is 0 Å². The van der Waals surface area contributed by atoms with Gasteiger partial charge in [0.25, 0.3) is 0 Å². The fourth-order valence-electron chi connectivity index (χ4n) is 1.93. The van der Waals surface area contributed by atoms with E-state index >= 15 is 0 Å². The predicted molar refractivity (Wildman–Crippen MR) is 91.1 cm³/mol. The molecule has 0 radical (unpaired) electrons. The molecule has 0 saturated carbocycles. The number of nitrogens with zero attached hydrogens (tertiary/aromatic N) is 3. The van der Waals surface area contributed by atoms with Crippen molar-refractivity contribution >= 4 is 6.09 Å². The topological polar surface area (TPSA) is 99.4 Å². The molecule has 0 saturated heterocycles. The highest BCUT2D eigenvalue weighted by molar-refractivity contribution is 5.68. The first-order chi connectivity index (χ1) is 11.6. The van der Waals surface area contributed by atoms with Gasteiger partial charge in [-0.3, -0.25) is 0 Å². The van der Waals surface area contributed by atoms with Crippen LogP contribution in [0.3, 0.4) is 0 Å². The maximum Gasteiger partial charge on any atom is 0.408 e. The van der Waals surface area contributed by atoms with Crippen LogP contribution in [0.2, 0.25) is 0 Å². The number of amides is 1. The Balaban J connectivity index is 2.08. The van der Waals surface area contributed by atoms with Crippen molar-refractivity contribution in [2.75, 3.05) is 0 Å². The van der Waals surface area contributed by atoms with Crippen molar-refractivity contribution in [1.82, 2.24) is 20.4 Å². The lowest BCUT2D eigenvalue weighted by atomic mass is 10.2. The number of ether oxygens (including phenoxy) is 2. The largest absolute Gasteiger partial charge is 0.475 e. The van der Waals surface area contributed by atoms with Gasteiger partial charge in [-0.1, -0.05) is 5.16 Å². The number of carbonyl (C=O) groups is 1. The summed E-state index contributed by atoms with van der Waals surface area (Å²) in [6.07, 6.45) is 1.09. The number of hydrogen-bond acceptors (Lipinski definition) is 7. The molecule has 0 aliphatic heterocycles. The molecule has 0 spiro atoms. The van der Waals surface area contributed by atoms with E-state index in [-0.39, 0.29) is 12.0 Å². The second-order valence-corrected chi connectivity index (χ2v) is 6.87. The summed E-state index contributed by atoms with van der Waals surface area (Å²) in [5, 5.41) is 6.61. The molecule has 2 rings (SSSR count). The van der Waals surface area contributed by atoms with Crippen molar-refractivity contribution in [2.24, 2.45) is 0 Å². The Hall–Kier alpha value is -2.64. The summed E-state index contributed by atoms with van der Waals surface area (Å²) in [6.45, 7) is 11.0. The predicted octanol–water partition coefficient (Wildman–Crippen LogP) is 3.50. The number of rotatable bonds is 5. The Morgan fingerprint density at radius 3 is 2.64 bits per heavy atom. The van der Waals surface area contributed by atoms with Crippen molar-refractivity contribution < 1.29 is 18.8 Å². The van der Waals surface area contributed by atoms with Crippen LogP contribution < -0.4 is 10.1 Å². The molecule has 2 aromatic heterocycles. The summed E-state index contributed by atoms with van der Waals surface area (Å²) < 4.78 is 16.0. The lowest BCUT2D eigenvalue weighted by molar-refractivity contribution is 0.0499. The molecule has 0 bridgehead atoms. The van der Waals surface area contributed by atoms with Gasteiger partial charge in [-0.2, -0.15) is 4.98 Å². The van der Waals surface area contributed by atoms with E-state index in [0.29, 0.717) is 17.3 Å². The minimum absolute atomic E-state index is 0.0154. The third kappa shape index (κ3) is 5.74. The van der Waals surface area contributed by atoms with Gasteiger partial charge in [0, 0.05) is 17.8 Å². The zero-order chi connectivity index (χ0) is 18.6. The molecule has 8 nitrogen and oxygen atoms in total. The second-order valence-electron chi connectivity index (χ2n) is 6.87. The number of alkyl carbamates (subject to hydrolysis) is 1. The Labute approximate surface area is 146 Å². The van der Waals surface area contributed by atoms with Crippen LogP contribution in [0.1, 0.15) is 53.5 Å². The van der Waals surface area contributed by atoms with E-state index in [1.807, 2.05) is 13.8 Å². The first kappa shape index (κ1) is 18.7. The van der Waals surface area contributed by atoms with Crippen LogP contribution in [0.15, 0.2) is 22.9 Å². The van der Waals surface area contributed by atoms with E-state index < -0.39 is 17.7 Å². The number of aromatic nitrogens is 3. The van der Waals surface area contributed by atoms with E-state index in [1.54, 1.807) is 46.0 Å². The van der Waals surface area contributed by atoms with Crippen molar-refractivity contribution in [3.63, 3.8) is 0 Å². The molecule has 0 aliphatic carbocycles. The lowest BCUT2D eigenvalue weighted by Crippen LogP contribution is -2.34. The molecule has 8 heteroatoms. The SMILES string of the molecule is CC(C)Oc1cc(-c2noc([C@H](C)NC(=O)OC(C)(C)C)n2)ccn1. The molecule has 2 aromatic rings. The molecular weight excluding hydrogens is 324 g/mol. The van der Waals surface area contributed by atoms with Crippen LogP contribution in [0.4, 0.5) is 4.79 Å². The zero-order valence-electron chi connectivity index (χ0n) is 15.4. The van der Waals surface area contributed by atoms with Crippen LogP contribution in [0, 0.1) is 0 Å². The maximum absolute atomic E-state index is 11.8. The Bertz CT molecular complexity index is 721. The number of nitrogens with one attached hydrogen (secondary N) is 1. The van der Waals surface area contributed by atoms with Gasteiger partial charge in [-0.05, 0) is 47.6 Å². The minimum atomic E-state index is -0.576. The summed E-state index contributed by atoms with van der Waals surface area (Å²) >= 11 is 0. The van der Waals surface area contributed by atoms with Crippen molar-refractivity contribution in [3.05, 3.63) is 24.2 Å². The van der Waals surface area contributed by atoms with Gasteiger partial charge in [0.1, 0.15) is 11.6 Å². The average molecular weight is 348 g/mol. The molecule has 0 aliphatic rings. The van der Waals surface area contributed by atoms with E-state index in [0.717, 1.165) is 0 Å². The second kappa shape index (κ2) is 7.50. The molecule has 1 N–H and O–H groups in total. The molecule has 1 amide bonds. The normalized spacial score (nSPS) is 12.8. The highest BCUT2D eigenvalue weighted by Crippen LogP contribution is 2.22. The van der Waals surface area contributed by atoms with E-state index in [1.165, 1.54) is 0 Å². The monoisotopic (exact) mass is 348 g/mol. The Kier molecular flexibility index (Phi) is 5.61. The van der Waals surface area contributed by atoms with E-state index in [9.17, 15) is 4.79 Å². The molecule has 0 unspecified atom stereocenters. The molecular formula is C17H24N4O4. The van der Waals surface area contributed by atoms with Gasteiger partial charge >= 0.3 is 6.09 Å². The van der Waals surface area contributed by atoms with Gasteiger partial charge < -0.3 is 19.3 Å². The van der Waals surface area contributed by atoms with Crippen LogP contribution in [0.5, 0.6) is 5.88 Å². The van der Waals surface area contributed by atoms with Crippen LogP contribution in [-0.2, 0) is 4.74 Å². The fraction of sp³-hybridized carbons (Fsp3) is 0.529. The van der Waals surface area contributed by atoms with E-state index in [4.69, 9.17) is 14.0 Å². The quantitative estimate of drug-likeness (QED) is 0.882. The van der Waals surface area contributed by atoms with Crippen molar-refractivity contribution in [2.45, 2.75) is 59.3 Å². The standard InChI is InChI=1S/C17H24N4O4/c1-10(2)23-13-9-12(7-8-18-13)14-20-15(25-21-14)11(3)19-16(22)24-17(4,5)6/h7-11H,1-6H3,(H,19,22)/t11-/m0/s1. The third-order valence-electron chi connectivity index (χ3n) is 2.89. The van der Waals surface area contributed by atoms with Crippen molar-refractivity contribution in [1.29, 1.82) is 0 Å². The smallest absolute Gasteiger partial charge is 0.408 e. The molecule has 25 heavy (non-hydrogen) atoms. The number of pyridine rings is 1. The number of carbonyl (C=O) groups excluding carboxylic acids is 1. The molecule has 2 heterocycles. The maximum atomic E-state index is 11.8. The first-order valence-corrected chi connectivity index (χ1v) is 8.10. The highest BCUT2D eigenvalue weighted by Gasteiger charge is 2.21. The van der Waals surface area contributed by atoms with Crippen LogP contribution in [0.25, 0.3) is 11.4 Å². The summed E-state index contributed by atoms with van der Waals surface area (Å²) in [6, 6.07) is 3.01. The van der Waals surface area contributed by atoms with Gasteiger partial charge in [-0.25, -0.2) is 9.78 Å². The van der Waals surface area contributed by atoms with Gasteiger partial charge in [0.2, 0.25) is 17.6 Å². The fourth-order valence-corrected chi connectivity index (χ4v) is 1.93. The Morgan fingerprint density at radius 1 is 1.28 bits per heavy atom. The summed E-state index contributed by atoms with van der Waals surface area (Å²) in [7, 11) is 0. The average Bonchev–Trinajstić information content (AvgIpc) is 2.94. The molecule has 0 aromatic carbocycles. The van der Waals surface area contributed by atoms with E-state index in [2.05, 4.69) is 20.4 Å². The zero-order valence-corrected chi connectivity index (χ0v) is 15.4. The van der Waals surface area contributed by atoms with Crippen molar-refractivity contribution in [3.8, 4) is 17.3 Å². The van der Waals surface area contributed by atoms with Crippen LogP contribution >= 0.6 is 0 Å². The third-order valence-corrected chi connectivity index (χ3v) is 2.89. The van der Waals surface area contributed by atoms with Crippen LogP contribution in [-0.4, -0.2) is 32.9 Å². The molecule has 0 fully saturated rings.